The first-order valence-corrected chi connectivity index (χ1v) is 10.5. The molecule has 30 heavy (non-hydrogen) atoms. The van der Waals surface area contributed by atoms with E-state index in [4.69, 9.17) is 0 Å². The zero-order valence-electron chi connectivity index (χ0n) is 17.2. The van der Waals surface area contributed by atoms with E-state index in [-0.39, 0.29) is 42.5 Å². The zero-order chi connectivity index (χ0) is 21.5. The number of rotatable bonds is 8. The van der Waals surface area contributed by atoms with Crippen molar-refractivity contribution in [2.75, 3.05) is 0 Å². The second-order valence-electron chi connectivity index (χ2n) is 7.87. The molecular weight excluding hydrogens is 386 g/mol. The minimum atomic E-state index is -0.622. The molecule has 4 nitrogen and oxygen atoms in total. The lowest BCUT2D eigenvalue weighted by Crippen LogP contribution is -2.51. The highest BCUT2D eigenvalue weighted by atomic mass is 19.1. The molecule has 2 aromatic carbocycles. The van der Waals surface area contributed by atoms with E-state index in [1.165, 1.54) is 24.3 Å². The van der Waals surface area contributed by atoms with E-state index in [1.54, 1.807) is 29.2 Å². The van der Waals surface area contributed by atoms with Crippen LogP contribution in [-0.4, -0.2) is 28.8 Å². The molecule has 2 amide bonds. The van der Waals surface area contributed by atoms with Crippen molar-refractivity contribution < 1.29 is 18.4 Å². The summed E-state index contributed by atoms with van der Waals surface area (Å²) in [5.74, 6) is -1.09. The molecule has 1 saturated carbocycles. The van der Waals surface area contributed by atoms with Gasteiger partial charge in [0.1, 0.15) is 17.7 Å². The number of halogens is 2. The fraction of sp³-hybridized carbons (Fsp3) is 0.417. The summed E-state index contributed by atoms with van der Waals surface area (Å²) in [4.78, 5) is 27.7. The lowest BCUT2D eigenvalue weighted by Gasteiger charge is -2.31. The third-order valence-corrected chi connectivity index (χ3v) is 5.62. The summed E-state index contributed by atoms with van der Waals surface area (Å²) in [5, 5.41) is 3.09. The molecule has 6 heteroatoms. The summed E-state index contributed by atoms with van der Waals surface area (Å²) in [5.41, 5.74) is 1.42. The number of benzene rings is 2. The van der Waals surface area contributed by atoms with E-state index in [0.717, 1.165) is 31.2 Å². The lowest BCUT2D eigenvalue weighted by atomic mass is 10.1. The molecule has 3 rings (SSSR count). The van der Waals surface area contributed by atoms with Crippen LogP contribution in [0.1, 0.15) is 50.2 Å². The zero-order valence-corrected chi connectivity index (χ0v) is 17.2. The van der Waals surface area contributed by atoms with E-state index in [9.17, 15) is 18.4 Å². The predicted molar refractivity (Wildman–Crippen MR) is 112 cm³/mol. The third kappa shape index (κ3) is 5.88. The van der Waals surface area contributed by atoms with Gasteiger partial charge in [-0.25, -0.2) is 8.78 Å². The largest absolute Gasteiger partial charge is 0.352 e. The van der Waals surface area contributed by atoms with Gasteiger partial charge in [0.25, 0.3) is 0 Å². The second-order valence-corrected chi connectivity index (χ2v) is 7.87. The molecule has 1 atom stereocenters. The average molecular weight is 414 g/mol. The molecule has 160 valence electrons. The summed E-state index contributed by atoms with van der Waals surface area (Å²) in [6.07, 6.45) is 4.66. The summed E-state index contributed by atoms with van der Waals surface area (Å²) in [6.45, 7) is 2.08. The molecule has 0 heterocycles. The van der Waals surface area contributed by atoms with Crippen LogP contribution in [0.25, 0.3) is 0 Å². The monoisotopic (exact) mass is 414 g/mol. The molecule has 0 unspecified atom stereocenters. The fourth-order valence-corrected chi connectivity index (χ4v) is 3.95. The van der Waals surface area contributed by atoms with Crippen molar-refractivity contribution in [3.05, 3.63) is 71.3 Å². The van der Waals surface area contributed by atoms with Crippen molar-refractivity contribution >= 4 is 11.8 Å². The van der Waals surface area contributed by atoms with Gasteiger partial charge in [0.15, 0.2) is 0 Å². The van der Waals surface area contributed by atoms with Gasteiger partial charge in [-0.3, -0.25) is 9.59 Å². The van der Waals surface area contributed by atoms with Crippen LogP contribution in [0, 0.1) is 11.6 Å². The SMILES string of the molecule is CC[C@H](C(=O)NC1CCCC1)N(Cc1ccc(F)cc1)C(=O)Cc1ccc(F)cc1. The van der Waals surface area contributed by atoms with Crippen LogP contribution in [-0.2, 0) is 22.6 Å². The summed E-state index contributed by atoms with van der Waals surface area (Å²) >= 11 is 0. The first kappa shape index (κ1) is 21.9. The molecular formula is C24H28F2N2O2. The molecule has 0 saturated heterocycles. The molecule has 1 N–H and O–H groups in total. The third-order valence-electron chi connectivity index (χ3n) is 5.62. The molecule has 2 aromatic rings. The minimum Gasteiger partial charge on any atom is -0.352 e. The van der Waals surface area contributed by atoms with Crippen LogP contribution in [0.5, 0.6) is 0 Å². The average Bonchev–Trinajstić information content (AvgIpc) is 3.24. The molecule has 1 aliphatic rings. The van der Waals surface area contributed by atoms with E-state index < -0.39 is 6.04 Å². The number of hydrogen-bond donors (Lipinski definition) is 1. The van der Waals surface area contributed by atoms with Crippen molar-refractivity contribution in [1.29, 1.82) is 0 Å². The normalized spacial score (nSPS) is 15.0. The van der Waals surface area contributed by atoms with E-state index in [0.29, 0.717) is 12.0 Å². The molecule has 0 radical (unpaired) electrons. The smallest absolute Gasteiger partial charge is 0.243 e. The first-order chi connectivity index (χ1) is 14.5. The van der Waals surface area contributed by atoms with Crippen molar-refractivity contribution in [2.24, 2.45) is 0 Å². The number of carbonyl (C=O) groups excluding carboxylic acids is 2. The molecule has 0 spiro atoms. The van der Waals surface area contributed by atoms with Crippen molar-refractivity contribution in [3.63, 3.8) is 0 Å². The molecule has 1 aliphatic carbocycles. The topological polar surface area (TPSA) is 49.4 Å². The van der Waals surface area contributed by atoms with Gasteiger partial charge < -0.3 is 10.2 Å². The van der Waals surface area contributed by atoms with Gasteiger partial charge >= 0.3 is 0 Å². The van der Waals surface area contributed by atoms with Gasteiger partial charge in [0, 0.05) is 12.6 Å². The highest BCUT2D eigenvalue weighted by Gasteiger charge is 2.30. The maximum absolute atomic E-state index is 13.3. The first-order valence-electron chi connectivity index (χ1n) is 10.5. The van der Waals surface area contributed by atoms with Crippen molar-refractivity contribution in [3.8, 4) is 0 Å². The maximum Gasteiger partial charge on any atom is 0.243 e. The Morgan fingerprint density at radius 1 is 0.967 bits per heavy atom. The van der Waals surface area contributed by atoms with E-state index in [2.05, 4.69) is 5.32 Å². The second kappa shape index (κ2) is 10.3. The number of carbonyl (C=O) groups is 2. The summed E-state index contributed by atoms with van der Waals surface area (Å²) in [7, 11) is 0. The van der Waals surface area contributed by atoms with Gasteiger partial charge in [-0.15, -0.1) is 0 Å². The number of nitrogens with one attached hydrogen (secondary N) is 1. The lowest BCUT2D eigenvalue weighted by molar-refractivity contribution is -0.141. The van der Waals surface area contributed by atoms with Crippen LogP contribution < -0.4 is 5.32 Å². The van der Waals surface area contributed by atoms with Crippen LogP contribution in [0.3, 0.4) is 0 Å². The maximum atomic E-state index is 13.3. The highest BCUT2D eigenvalue weighted by molar-refractivity contribution is 5.88. The Bertz CT molecular complexity index is 847. The Morgan fingerprint density at radius 3 is 2.03 bits per heavy atom. The highest BCUT2D eigenvalue weighted by Crippen LogP contribution is 2.20. The standard InChI is InChI=1S/C24H28F2N2O2/c1-2-22(24(30)27-21-5-3-4-6-21)28(16-18-9-13-20(26)14-10-18)23(29)15-17-7-11-19(25)12-8-17/h7-14,21-22H,2-6,15-16H2,1H3,(H,27,30)/t22-/m1/s1. The van der Waals surface area contributed by atoms with Gasteiger partial charge in [-0.05, 0) is 54.7 Å². The molecule has 0 aromatic heterocycles. The van der Waals surface area contributed by atoms with Gasteiger partial charge in [0.2, 0.25) is 11.8 Å². The Balaban J connectivity index is 1.80. The Hall–Kier alpha value is -2.76. The number of nitrogens with zero attached hydrogens (tertiary/aromatic N) is 1. The van der Waals surface area contributed by atoms with Gasteiger partial charge in [-0.1, -0.05) is 44.0 Å². The number of amides is 2. The van der Waals surface area contributed by atoms with Crippen LogP contribution in [0.2, 0.25) is 0 Å². The Morgan fingerprint density at radius 2 is 1.50 bits per heavy atom. The predicted octanol–water partition coefficient (Wildman–Crippen LogP) is 4.37. The summed E-state index contributed by atoms with van der Waals surface area (Å²) < 4.78 is 26.5. The molecule has 0 aliphatic heterocycles. The van der Waals surface area contributed by atoms with Crippen molar-refractivity contribution in [2.45, 2.75) is 64.1 Å². The van der Waals surface area contributed by atoms with Crippen LogP contribution >= 0.6 is 0 Å². The van der Waals surface area contributed by atoms with Crippen molar-refractivity contribution in [1.82, 2.24) is 10.2 Å². The summed E-state index contributed by atoms with van der Waals surface area (Å²) in [6, 6.07) is 11.2. The van der Waals surface area contributed by atoms with Gasteiger partial charge in [-0.2, -0.15) is 0 Å². The molecule has 1 fully saturated rings. The van der Waals surface area contributed by atoms with Crippen LogP contribution in [0.15, 0.2) is 48.5 Å². The fourth-order valence-electron chi connectivity index (χ4n) is 3.95. The number of hydrogen-bond acceptors (Lipinski definition) is 2. The minimum absolute atomic E-state index is 0.0642. The van der Waals surface area contributed by atoms with Crippen LogP contribution in [0.4, 0.5) is 8.78 Å². The molecule has 0 bridgehead atoms. The quantitative estimate of drug-likeness (QED) is 0.697. The van der Waals surface area contributed by atoms with Gasteiger partial charge in [0.05, 0.1) is 6.42 Å². The Labute approximate surface area is 176 Å². The van der Waals surface area contributed by atoms with E-state index in [1.807, 2.05) is 6.92 Å². The Kier molecular flexibility index (Phi) is 7.55. The van der Waals surface area contributed by atoms with E-state index >= 15 is 0 Å².